The fourth-order valence-corrected chi connectivity index (χ4v) is 3.39. The van der Waals surface area contributed by atoms with Gasteiger partial charge in [-0.1, -0.05) is 31.4 Å². The quantitative estimate of drug-likeness (QED) is 0.940. The Kier molecular flexibility index (Phi) is 4.11. The molecule has 2 heterocycles. The minimum Gasteiger partial charge on any atom is -0.485 e. The van der Waals surface area contributed by atoms with Crippen LogP contribution in [0.4, 0.5) is 5.82 Å². The van der Waals surface area contributed by atoms with Crippen LogP contribution in [0.25, 0.3) is 0 Å². The summed E-state index contributed by atoms with van der Waals surface area (Å²) in [7, 11) is 0. The number of hydrogen-bond acceptors (Lipinski definition) is 4. The highest BCUT2D eigenvalue weighted by atomic mass is 16.6. The molecule has 2 aromatic rings. The number of hydrogen-bond donors (Lipinski definition) is 1. The van der Waals surface area contributed by atoms with Gasteiger partial charge in [-0.3, -0.25) is 4.79 Å². The molecule has 6 heteroatoms. The number of benzene rings is 1. The first-order valence-electron chi connectivity index (χ1n) is 8.54. The lowest BCUT2D eigenvalue weighted by Crippen LogP contribution is -2.40. The second-order valence-electron chi connectivity index (χ2n) is 6.31. The van der Waals surface area contributed by atoms with Crippen molar-refractivity contribution in [2.75, 3.05) is 11.9 Å². The zero-order valence-electron chi connectivity index (χ0n) is 13.5. The highest BCUT2D eigenvalue weighted by Crippen LogP contribution is 2.32. The van der Waals surface area contributed by atoms with Crippen LogP contribution in [0.5, 0.6) is 11.5 Å². The van der Waals surface area contributed by atoms with E-state index in [4.69, 9.17) is 9.47 Å². The van der Waals surface area contributed by atoms with Crippen LogP contribution in [0.2, 0.25) is 0 Å². The molecule has 126 valence electrons. The summed E-state index contributed by atoms with van der Waals surface area (Å²) in [5.74, 6) is 1.80. The molecule has 0 spiro atoms. The fourth-order valence-electron chi connectivity index (χ4n) is 3.39. The lowest BCUT2D eigenvalue weighted by Gasteiger charge is -2.27. The summed E-state index contributed by atoms with van der Waals surface area (Å²) in [5.41, 5.74) is 0. The molecule has 1 atom stereocenters. The van der Waals surface area contributed by atoms with Gasteiger partial charge >= 0.3 is 0 Å². The summed E-state index contributed by atoms with van der Waals surface area (Å²) in [4.78, 5) is 12.6. The molecule has 1 fully saturated rings. The summed E-state index contributed by atoms with van der Waals surface area (Å²) in [6.45, 7) is 0.209. The number of ether oxygens (including phenoxy) is 2. The van der Waals surface area contributed by atoms with E-state index in [-0.39, 0.29) is 12.5 Å². The van der Waals surface area contributed by atoms with Gasteiger partial charge in [-0.05, 0) is 25.0 Å². The highest BCUT2D eigenvalue weighted by Gasteiger charge is 2.28. The number of fused-ring (bicyclic) bond motifs is 1. The first kappa shape index (κ1) is 15.1. The second kappa shape index (κ2) is 6.55. The van der Waals surface area contributed by atoms with Crippen molar-refractivity contribution in [3.8, 4) is 11.5 Å². The van der Waals surface area contributed by atoms with Gasteiger partial charge in [0.2, 0.25) is 6.10 Å². The number of carbonyl (C=O) groups excluding carboxylic acids is 1. The van der Waals surface area contributed by atoms with Crippen molar-refractivity contribution >= 4 is 11.7 Å². The first-order valence-corrected chi connectivity index (χ1v) is 8.54. The van der Waals surface area contributed by atoms with Crippen LogP contribution in [0.15, 0.2) is 36.5 Å². The van der Waals surface area contributed by atoms with E-state index in [2.05, 4.69) is 10.4 Å². The number of carbonyl (C=O) groups is 1. The zero-order valence-corrected chi connectivity index (χ0v) is 13.5. The summed E-state index contributed by atoms with van der Waals surface area (Å²) < 4.78 is 13.3. The van der Waals surface area contributed by atoms with Crippen LogP contribution in [0, 0.1) is 0 Å². The lowest BCUT2D eigenvalue weighted by molar-refractivity contribution is -0.125. The standard InChI is InChI=1S/C18H21N3O3/c22-18(16-12-23-14-8-4-5-9-15(14)24-16)20-17-10-11-19-21(17)13-6-2-1-3-7-13/h4-5,8-11,13,16H,1-3,6-7,12H2,(H,20,22). The van der Waals surface area contributed by atoms with Gasteiger partial charge < -0.3 is 14.8 Å². The largest absolute Gasteiger partial charge is 0.485 e. The molecule has 1 aliphatic carbocycles. The van der Waals surface area contributed by atoms with E-state index in [9.17, 15) is 4.79 Å². The summed E-state index contributed by atoms with van der Waals surface area (Å²) >= 11 is 0. The van der Waals surface area contributed by atoms with E-state index in [1.807, 2.05) is 28.9 Å². The molecule has 1 unspecified atom stereocenters. The molecule has 6 nitrogen and oxygen atoms in total. The van der Waals surface area contributed by atoms with E-state index in [1.165, 1.54) is 19.3 Å². The van der Waals surface area contributed by atoms with Crippen molar-refractivity contribution in [1.29, 1.82) is 0 Å². The first-order chi connectivity index (χ1) is 11.8. The molecule has 0 radical (unpaired) electrons. The lowest BCUT2D eigenvalue weighted by atomic mass is 9.96. The van der Waals surface area contributed by atoms with Gasteiger partial charge in [0, 0.05) is 6.07 Å². The van der Waals surface area contributed by atoms with Crippen LogP contribution in [-0.4, -0.2) is 28.4 Å². The van der Waals surface area contributed by atoms with Crippen LogP contribution in [-0.2, 0) is 4.79 Å². The van der Waals surface area contributed by atoms with Gasteiger partial charge in [-0.2, -0.15) is 5.10 Å². The Morgan fingerprint density at radius 1 is 1.12 bits per heavy atom. The van der Waals surface area contributed by atoms with Gasteiger partial charge in [0.05, 0.1) is 12.2 Å². The van der Waals surface area contributed by atoms with Crippen molar-refractivity contribution < 1.29 is 14.3 Å². The Bertz CT molecular complexity index is 722. The molecule has 2 aliphatic rings. The van der Waals surface area contributed by atoms with Crippen molar-refractivity contribution in [3.63, 3.8) is 0 Å². The Hall–Kier alpha value is -2.50. The monoisotopic (exact) mass is 327 g/mol. The van der Waals surface area contributed by atoms with E-state index in [0.717, 1.165) is 18.7 Å². The third kappa shape index (κ3) is 2.96. The number of para-hydroxylation sites is 2. The number of nitrogens with zero attached hydrogens (tertiary/aromatic N) is 2. The average molecular weight is 327 g/mol. The normalized spacial score (nSPS) is 20.6. The predicted molar refractivity (Wildman–Crippen MR) is 89.3 cm³/mol. The predicted octanol–water partition coefficient (Wildman–Crippen LogP) is 3.17. The highest BCUT2D eigenvalue weighted by molar-refractivity contribution is 5.94. The zero-order chi connectivity index (χ0) is 16.4. The molecule has 1 aromatic heterocycles. The molecule has 4 rings (SSSR count). The molecule has 1 amide bonds. The molecule has 0 bridgehead atoms. The maximum absolute atomic E-state index is 12.6. The molecule has 1 aliphatic heterocycles. The van der Waals surface area contributed by atoms with Gasteiger partial charge in [0.25, 0.3) is 5.91 Å². The topological polar surface area (TPSA) is 65.4 Å². The molecule has 1 saturated carbocycles. The van der Waals surface area contributed by atoms with Crippen molar-refractivity contribution in [2.24, 2.45) is 0 Å². The number of nitrogens with one attached hydrogen (secondary N) is 1. The van der Waals surface area contributed by atoms with Crippen molar-refractivity contribution in [1.82, 2.24) is 9.78 Å². The van der Waals surface area contributed by atoms with E-state index < -0.39 is 6.10 Å². The fraction of sp³-hybridized carbons (Fsp3) is 0.444. The maximum atomic E-state index is 12.6. The molecule has 0 saturated heterocycles. The van der Waals surface area contributed by atoms with Crippen LogP contribution >= 0.6 is 0 Å². The smallest absolute Gasteiger partial charge is 0.270 e. The molecular formula is C18H21N3O3. The van der Waals surface area contributed by atoms with E-state index >= 15 is 0 Å². The third-order valence-corrected chi connectivity index (χ3v) is 4.64. The van der Waals surface area contributed by atoms with Crippen molar-refractivity contribution in [3.05, 3.63) is 36.5 Å². The number of anilines is 1. The molecule has 1 aromatic carbocycles. The molecule has 1 N–H and O–H groups in total. The second-order valence-corrected chi connectivity index (χ2v) is 6.31. The Morgan fingerprint density at radius 3 is 2.75 bits per heavy atom. The van der Waals surface area contributed by atoms with Crippen LogP contribution in [0.3, 0.4) is 0 Å². The van der Waals surface area contributed by atoms with Gasteiger partial charge in [-0.15, -0.1) is 0 Å². The Balaban J connectivity index is 1.45. The van der Waals surface area contributed by atoms with Gasteiger partial charge in [0.15, 0.2) is 11.5 Å². The Labute approximate surface area is 140 Å². The number of rotatable bonds is 3. The SMILES string of the molecule is O=C(Nc1ccnn1C1CCCCC1)C1COc2ccccc2O1. The minimum atomic E-state index is -0.658. The number of aromatic nitrogens is 2. The summed E-state index contributed by atoms with van der Waals surface area (Å²) in [5, 5.41) is 7.35. The van der Waals surface area contributed by atoms with E-state index in [0.29, 0.717) is 17.5 Å². The molecular weight excluding hydrogens is 306 g/mol. The van der Waals surface area contributed by atoms with E-state index in [1.54, 1.807) is 12.3 Å². The van der Waals surface area contributed by atoms with Crippen LogP contribution in [0.1, 0.15) is 38.1 Å². The average Bonchev–Trinajstić information content (AvgIpc) is 3.10. The summed E-state index contributed by atoms with van der Waals surface area (Å²) in [6, 6.07) is 9.59. The minimum absolute atomic E-state index is 0.206. The van der Waals surface area contributed by atoms with Crippen molar-refractivity contribution in [2.45, 2.75) is 44.2 Å². The summed E-state index contributed by atoms with van der Waals surface area (Å²) in [6.07, 6.45) is 7.02. The van der Waals surface area contributed by atoms with Gasteiger partial charge in [0.1, 0.15) is 12.4 Å². The third-order valence-electron chi connectivity index (χ3n) is 4.64. The Morgan fingerprint density at radius 2 is 1.92 bits per heavy atom. The number of amides is 1. The van der Waals surface area contributed by atoms with Crippen LogP contribution < -0.4 is 14.8 Å². The van der Waals surface area contributed by atoms with Gasteiger partial charge in [-0.25, -0.2) is 4.68 Å². The maximum Gasteiger partial charge on any atom is 0.270 e. The molecule has 24 heavy (non-hydrogen) atoms.